The highest BCUT2D eigenvalue weighted by molar-refractivity contribution is 7.90. The SMILES string of the molecule is C#CCNC(=O)NCCCCC(NC(=O)[C@@H]1C[C@H](n2nncc2C(C)(C)O)CN1C(=O)C(CC1CCCCC1)NC(=O)c1ccc(S(C)(=O)=O)cc1)C(=O)C(N)=O. The molecular weight excluding hydrogens is 759 g/mol. The number of nitrogens with two attached hydrogens (primary N) is 1. The van der Waals surface area contributed by atoms with Crippen LogP contribution >= 0.6 is 0 Å². The molecule has 2 aliphatic rings. The average molecular weight is 812 g/mol. The van der Waals surface area contributed by atoms with E-state index < -0.39 is 75.0 Å². The second kappa shape index (κ2) is 19.7. The van der Waals surface area contributed by atoms with Crippen molar-refractivity contribution in [2.24, 2.45) is 11.7 Å². The molecule has 1 aromatic heterocycles. The fourth-order valence-corrected chi connectivity index (χ4v) is 7.92. The first kappa shape index (κ1) is 44.4. The Kier molecular flexibility index (Phi) is 15.3. The summed E-state index contributed by atoms with van der Waals surface area (Å²) in [4.78, 5) is 80.8. The minimum Gasteiger partial charge on any atom is -0.384 e. The highest BCUT2D eigenvalue weighted by atomic mass is 32.2. The number of likely N-dealkylation sites (tertiary alicyclic amines) is 1. The van der Waals surface area contributed by atoms with E-state index in [9.17, 15) is 42.3 Å². The van der Waals surface area contributed by atoms with Crippen LogP contribution in [0.25, 0.3) is 0 Å². The van der Waals surface area contributed by atoms with Crippen molar-refractivity contribution in [2.45, 2.75) is 113 Å². The van der Waals surface area contributed by atoms with Crippen molar-refractivity contribution in [1.82, 2.24) is 41.2 Å². The first-order valence-electron chi connectivity index (χ1n) is 19.0. The van der Waals surface area contributed by atoms with Crippen molar-refractivity contribution >= 4 is 45.3 Å². The van der Waals surface area contributed by atoms with E-state index in [-0.39, 0.29) is 55.3 Å². The number of aliphatic hydroxyl groups is 1. The van der Waals surface area contributed by atoms with Gasteiger partial charge in [-0.05, 0) is 69.7 Å². The van der Waals surface area contributed by atoms with E-state index in [0.29, 0.717) is 18.5 Å². The second-order valence-corrected chi connectivity index (χ2v) is 17.2. The summed E-state index contributed by atoms with van der Waals surface area (Å²) in [5.74, 6) is -1.86. The Morgan fingerprint density at radius 2 is 1.70 bits per heavy atom. The number of unbranched alkanes of at least 4 members (excludes halogenated alkanes) is 1. The van der Waals surface area contributed by atoms with Crippen LogP contribution in [-0.4, -0.2) is 113 Å². The Morgan fingerprint density at radius 1 is 1.02 bits per heavy atom. The summed E-state index contributed by atoms with van der Waals surface area (Å²) >= 11 is 0. The number of nitrogens with one attached hydrogen (secondary N) is 4. The Morgan fingerprint density at radius 3 is 2.32 bits per heavy atom. The van der Waals surface area contributed by atoms with Gasteiger partial charge in [0.25, 0.3) is 11.8 Å². The normalized spacial score (nSPS) is 18.5. The molecule has 1 saturated heterocycles. The van der Waals surface area contributed by atoms with Crippen LogP contribution in [0.5, 0.6) is 0 Å². The molecule has 57 heavy (non-hydrogen) atoms. The van der Waals surface area contributed by atoms with Gasteiger partial charge in [-0.1, -0.05) is 43.2 Å². The lowest BCUT2D eigenvalue weighted by Crippen LogP contribution is -2.56. The van der Waals surface area contributed by atoms with Gasteiger partial charge in [-0.15, -0.1) is 11.5 Å². The largest absolute Gasteiger partial charge is 0.384 e. The number of sulfone groups is 1. The molecule has 2 heterocycles. The molecule has 4 rings (SSSR count). The van der Waals surface area contributed by atoms with Crippen LogP contribution in [0, 0.1) is 18.3 Å². The van der Waals surface area contributed by atoms with Gasteiger partial charge in [-0.3, -0.25) is 24.0 Å². The number of rotatable bonds is 18. The van der Waals surface area contributed by atoms with Gasteiger partial charge in [0.05, 0.1) is 35.4 Å². The Bertz CT molecular complexity index is 1930. The first-order chi connectivity index (χ1) is 26.9. The zero-order chi connectivity index (χ0) is 41.9. The third-order valence-corrected chi connectivity index (χ3v) is 11.4. The number of terminal acetylenes is 1. The molecule has 2 fully saturated rings. The van der Waals surface area contributed by atoms with E-state index in [1.807, 2.05) is 0 Å². The van der Waals surface area contributed by atoms with Crippen molar-refractivity contribution < 1.29 is 42.3 Å². The molecule has 6 amide bonds. The molecule has 1 aliphatic carbocycles. The maximum atomic E-state index is 14.7. The van der Waals surface area contributed by atoms with Crippen molar-refractivity contribution in [3.8, 4) is 12.3 Å². The number of urea groups is 1. The quantitative estimate of drug-likeness (QED) is 0.0684. The minimum atomic E-state index is -3.52. The molecule has 310 valence electrons. The van der Waals surface area contributed by atoms with Gasteiger partial charge in [-0.2, -0.15) is 0 Å². The van der Waals surface area contributed by atoms with Crippen LogP contribution in [-0.2, 0) is 34.6 Å². The Balaban J connectivity index is 1.62. The predicted octanol–water partition coefficient (Wildman–Crippen LogP) is 0.462. The van der Waals surface area contributed by atoms with Gasteiger partial charge in [0.1, 0.15) is 17.7 Å². The highest BCUT2D eigenvalue weighted by Gasteiger charge is 2.45. The standard InChI is InChI=1S/C38H53N9O9S/c1-5-18-40-37(53)41-19-10-9-13-28(32(48)33(39)49)43-35(51)30-21-26(47-31(22-42-45-47)38(2,3)54)23-46(30)36(52)29(20-24-11-7-6-8-12-24)44-34(50)25-14-16-27(17-15-25)57(4,55)56/h1,14-17,22,24,26,28-30,54H,6-13,18-21,23H2,2-4H3,(H2,39,49)(H,43,51)(H,44,50)(H2,40,41,53)/t26-,28?,29?,30-/m0/s1. The third kappa shape index (κ3) is 12.3. The summed E-state index contributed by atoms with van der Waals surface area (Å²) in [6.07, 6.45) is 13.2. The maximum absolute atomic E-state index is 14.7. The van der Waals surface area contributed by atoms with Gasteiger partial charge in [-0.25, -0.2) is 17.9 Å². The molecule has 1 saturated carbocycles. The van der Waals surface area contributed by atoms with Crippen LogP contribution in [0.15, 0.2) is 35.4 Å². The van der Waals surface area contributed by atoms with Gasteiger partial charge in [0, 0.05) is 31.3 Å². The van der Waals surface area contributed by atoms with E-state index in [1.54, 1.807) is 13.8 Å². The second-order valence-electron chi connectivity index (χ2n) is 15.2. The number of carbonyl (C=O) groups is 6. The van der Waals surface area contributed by atoms with E-state index in [0.717, 1.165) is 38.4 Å². The molecule has 18 nitrogen and oxygen atoms in total. The molecule has 7 N–H and O–H groups in total. The predicted molar refractivity (Wildman–Crippen MR) is 207 cm³/mol. The monoisotopic (exact) mass is 811 g/mol. The molecule has 2 aromatic rings. The lowest BCUT2D eigenvalue weighted by molar-refractivity contribution is -0.142. The van der Waals surface area contributed by atoms with Crippen molar-refractivity contribution in [2.75, 3.05) is 25.9 Å². The van der Waals surface area contributed by atoms with Gasteiger partial charge >= 0.3 is 6.03 Å². The Hall–Kier alpha value is -5.35. The van der Waals surface area contributed by atoms with E-state index in [2.05, 4.69) is 37.5 Å². The molecule has 4 atom stereocenters. The molecule has 0 spiro atoms. The smallest absolute Gasteiger partial charge is 0.315 e. The van der Waals surface area contributed by atoms with Crippen molar-refractivity contribution in [1.29, 1.82) is 0 Å². The fraction of sp³-hybridized carbons (Fsp3) is 0.579. The molecular formula is C38H53N9O9S. The minimum absolute atomic E-state index is 0.00429. The molecule has 19 heteroatoms. The van der Waals surface area contributed by atoms with Crippen LogP contribution < -0.4 is 27.0 Å². The summed E-state index contributed by atoms with van der Waals surface area (Å²) in [6.45, 7) is 3.26. The summed E-state index contributed by atoms with van der Waals surface area (Å²) in [5, 5.41) is 29.6. The number of ketones is 1. The molecule has 1 aliphatic heterocycles. The van der Waals surface area contributed by atoms with Crippen molar-refractivity contribution in [3.63, 3.8) is 0 Å². The number of hydrogen-bond donors (Lipinski definition) is 6. The third-order valence-electron chi connectivity index (χ3n) is 10.3. The summed E-state index contributed by atoms with van der Waals surface area (Å²) in [6, 6.07) is 0.543. The van der Waals surface area contributed by atoms with Crippen LogP contribution in [0.4, 0.5) is 4.79 Å². The zero-order valence-corrected chi connectivity index (χ0v) is 33.3. The number of carbonyl (C=O) groups excluding carboxylic acids is 6. The van der Waals surface area contributed by atoms with E-state index >= 15 is 0 Å². The number of primary amides is 1. The van der Waals surface area contributed by atoms with Crippen molar-refractivity contribution in [3.05, 3.63) is 41.7 Å². The zero-order valence-electron chi connectivity index (χ0n) is 32.5. The molecule has 1 aromatic carbocycles. The van der Waals surface area contributed by atoms with Crippen LogP contribution in [0.2, 0.25) is 0 Å². The number of amides is 6. The number of hydrogen-bond acceptors (Lipinski definition) is 11. The lowest BCUT2D eigenvalue weighted by atomic mass is 9.84. The van der Waals surface area contributed by atoms with Crippen LogP contribution in [0.1, 0.15) is 100 Å². The maximum Gasteiger partial charge on any atom is 0.315 e. The molecule has 2 unspecified atom stereocenters. The molecule has 0 bridgehead atoms. The first-order valence-corrected chi connectivity index (χ1v) is 20.9. The summed E-state index contributed by atoms with van der Waals surface area (Å²) in [5.41, 5.74) is 4.42. The van der Waals surface area contributed by atoms with Gasteiger partial charge in [0.15, 0.2) is 9.84 Å². The van der Waals surface area contributed by atoms with E-state index in [4.69, 9.17) is 12.2 Å². The number of aromatic nitrogens is 3. The van der Waals surface area contributed by atoms with Gasteiger partial charge < -0.3 is 37.0 Å². The highest BCUT2D eigenvalue weighted by Crippen LogP contribution is 2.33. The number of benzene rings is 1. The fourth-order valence-electron chi connectivity index (χ4n) is 7.29. The Labute approximate surface area is 332 Å². The molecule has 0 radical (unpaired) electrons. The summed E-state index contributed by atoms with van der Waals surface area (Å²) in [7, 11) is -3.52. The van der Waals surface area contributed by atoms with E-state index in [1.165, 1.54) is 40.0 Å². The number of Topliss-reactive ketones (excluding diaryl/α,β-unsaturated/α-hetero) is 1. The van der Waals surface area contributed by atoms with Crippen LogP contribution in [0.3, 0.4) is 0 Å². The topological polar surface area (TPSA) is 265 Å². The van der Waals surface area contributed by atoms with Gasteiger partial charge in [0.2, 0.25) is 17.6 Å². The average Bonchev–Trinajstić information content (AvgIpc) is 3.84. The lowest BCUT2D eigenvalue weighted by Gasteiger charge is -2.32. The number of nitrogens with zero attached hydrogens (tertiary/aromatic N) is 4. The summed E-state index contributed by atoms with van der Waals surface area (Å²) < 4.78 is 25.5.